The van der Waals surface area contributed by atoms with Crippen molar-refractivity contribution in [1.82, 2.24) is 0 Å². The van der Waals surface area contributed by atoms with Crippen LogP contribution in [0, 0.1) is 16.7 Å². The van der Waals surface area contributed by atoms with E-state index in [0.29, 0.717) is 0 Å². The van der Waals surface area contributed by atoms with Gasteiger partial charge in [-0.25, -0.2) is 19.2 Å². The first-order valence-corrected chi connectivity index (χ1v) is 7.62. The van der Waals surface area contributed by atoms with Crippen LogP contribution in [0.2, 0.25) is 0 Å². The number of aliphatic hydroxyl groups excluding tert-OH is 4. The zero-order valence-electron chi connectivity index (χ0n) is 16.5. The summed E-state index contributed by atoms with van der Waals surface area (Å²) in [6, 6.07) is 1.54. The quantitative estimate of drug-likeness (QED) is 0.161. The summed E-state index contributed by atoms with van der Waals surface area (Å²) in [6.45, 7) is 7.26. The van der Waals surface area contributed by atoms with E-state index >= 15 is 0 Å². The van der Waals surface area contributed by atoms with Gasteiger partial charge >= 0.3 is 23.9 Å². The number of aliphatic carboxylic acids is 4. The highest BCUT2D eigenvalue weighted by Crippen LogP contribution is 2.11. The molecule has 0 saturated carbocycles. The molecule has 13 nitrogen and oxygen atoms in total. The van der Waals surface area contributed by atoms with Crippen LogP contribution in [0.5, 0.6) is 0 Å². The van der Waals surface area contributed by atoms with Crippen molar-refractivity contribution >= 4 is 23.9 Å². The van der Waals surface area contributed by atoms with Gasteiger partial charge in [-0.1, -0.05) is 19.7 Å². The molecule has 0 aliphatic heterocycles. The monoisotopic (exact) mass is 449 g/mol. The predicted molar refractivity (Wildman–Crippen MR) is 107 cm³/mol. The first-order valence-electron chi connectivity index (χ1n) is 7.62. The average Bonchev–Trinajstić information content (AvgIpc) is 2.75. The molecule has 0 fully saturated rings. The highest BCUT2D eigenvalue weighted by molar-refractivity contribution is 5.80. The van der Waals surface area contributed by atoms with E-state index < -0.39 is 55.7 Å². The lowest BCUT2D eigenvalue weighted by atomic mass is 9.93. The smallest absolute Gasteiger partial charge is 0.329 e. The maximum absolute atomic E-state index is 9.52. The van der Waals surface area contributed by atoms with Gasteiger partial charge in [-0.3, -0.25) is 0 Å². The van der Waals surface area contributed by atoms with Gasteiger partial charge in [0.05, 0.1) is 37.9 Å². The van der Waals surface area contributed by atoms with Crippen molar-refractivity contribution in [3.63, 3.8) is 0 Å². The molecule has 0 atom stereocenters. The Morgan fingerprint density at radius 1 is 0.677 bits per heavy atom. The summed E-state index contributed by atoms with van der Waals surface area (Å²) >= 11 is 0. The zero-order chi connectivity index (χ0) is 25.9. The van der Waals surface area contributed by atoms with Crippen LogP contribution in [0.15, 0.2) is 50.1 Å². The van der Waals surface area contributed by atoms with Crippen LogP contribution in [0.25, 0.3) is 0 Å². The standard InChI is InChI=1S/C5H12O4.C4H3NO2.3C3H4O2/c6-1-5(2-7,3-8)4-9;5-3-1-2-4(6)7;3*1-2-3(4)5/h6-9H,1-4H2;1-2H,(H,6,7);3*2H,1H2,(H,4,5). The van der Waals surface area contributed by atoms with Crippen LogP contribution in [-0.2, 0) is 19.2 Å². The molecule has 0 heterocycles. The fraction of sp³-hybridized carbons (Fsp3) is 0.278. The van der Waals surface area contributed by atoms with Crippen molar-refractivity contribution in [2.45, 2.75) is 0 Å². The molecule has 0 radical (unpaired) electrons. The van der Waals surface area contributed by atoms with Crippen LogP contribution in [-0.4, -0.2) is 91.2 Å². The third kappa shape index (κ3) is 46.3. The Kier molecular flexibility index (Phi) is 34.7. The zero-order valence-corrected chi connectivity index (χ0v) is 16.5. The highest BCUT2D eigenvalue weighted by Gasteiger charge is 2.26. The molecule has 176 valence electrons. The molecule has 31 heavy (non-hydrogen) atoms. The van der Waals surface area contributed by atoms with Crippen molar-refractivity contribution < 1.29 is 60.0 Å². The molecule has 0 aromatic heterocycles. The number of hydrogen-bond donors (Lipinski definition) is 8. The van der Waals surface area contributed by atoms with Crippen molar-refractivity contribution in [3.8, 4) is 6.07 Å². The lowest BCUT2D eigenvalue weighted by Crippen LogP contribution is -2.37. The minimum atomic E-state index is -1.11. The van der Waals surface area contributed by atoms with E-state index in [-0.39, 0.29) is 0 Å². The number of aliphatic hydroxyl groups is 4. The lowest BCUT2D eigenvalue weighted by Gasteiger charge is -2.23. The fourth-order valence-corrected chi connectivity index (χ4v) is 0.409. The van der Waals surface area contributed by atoms with E-state index in [1.54, 1.807) is 0 Å². The number of carboxylic acids is 4. The van der Waals surface area contributed by atoms with Gasteiger partial charge in [0.1, 0.15) is 0 Å². The Morgan fingerprint density at radius 2 is 0.903 bits per heavy atom. The number of carboxylic acid groups (broad SMARTS) is 4. The molecule has 0 aliphatic rings. The van der Waals surface area contributed by atoms with Crippen LogP contribution in [0.3, 0.4) is 0 Å². The van der Waals surface area contributed by atoms with Crippen LogP contribution < -0.4 is 0 Å². The molecule has 13 heteroatoms. The molecule has 0 aromatic carbocycles. The largest absolute Gasteiger partial charge is 0.478 e. The van der Waals surface area contributed by atoms with E-state index in [2.05, 4.69) is 19.7 Å². The van der Waals surface area contributed by atoms with E-state index in [1.807, 2.05) is 0 Å². The van der Waals surface area contributed by atoms with Crippen LogP contribution in [0.4, 0.5) is 0 Å². The van der Waals surface area contributed by atoms with Gasteiger partial charge in [-0.2, -0.15) is 5.26 Å². The maximum atomic E-state index is 9.52. The lowest BCUT2D eigenvalue weighted by molar-refractivity contribution is -0.132. The number of allylic oxidation sites excluding steroid dienone is 1. The van der Waals surface area contributed by atoms with Gasteiger partial charge < -0.3 is 40.9 Å². The third-order valence-electron chi connectivity index (χ3n) is 2.17. The summed E-state index contributed by atoms with van der Waals surface area (Å²) in [6.07, 6.45) is 4.18. The van der Waals surface area contributed by atoms with Crippen molar-refractivity contribution in [1.29, 1.82) is 5.26 Å². The summed E-state index contributed by atoms with van der Waals surface area (Å²) in [7, 11) is 0. The second kappa shape index (κ2) is 28.4. The second-order valence-electron chi connectivity index (χ2n) is 4.56. The minimum absolute atomic E-state index is 0.406. The SMILES string of the molecule is C=CC(=O)O.C=CC(=O)O.C=CC(=O)O.N#CC=CC(=O)O.OCC(CO)(CO)CO. The van der Waals surface area contributed by atoms with E-state index in [0.717, 1.165) is 30.4 Å². The molecule has 0 saturated heterocycles. The highest BCUT2D eigenvalue weighted by atomic mass is 16.4. The van der Waals surface area contributed by atoms with E-state index in [1.165, 1.54) is 6.07 Å². The molecule has 0 unspecified atom stereocenters. The van der Waals surface area contributed by atoms with E-state index in [4.69, 9.17) is 46.1 Å². The maximum Gasteiger partial charge on any atom is 0.329 e. The molecule has 0 spiro atoms. The van der Waals surface area contributed by atoms with E-state index in [9.17, 15) is 19.2 Å². The van der Waals surface area contributed by atoms with Crippen LogP contribution >= 0.6 is 0 Å². The second-order valence-corrected chi connectivity index (χ2v) is 4.56. The first kappa shape index (κ1) is 37.9. The third-order valence-corrected chi connectivity index (χ3v) is 2.17. The molecule has 0 aromatic rings. The molecule has 0 amide bonds. The molecule has 0 rings (SSSR count). The van der Waals surface area contributed by atoms with Gasteiger partial charge in [0.2, 0.25) is 0 Å². The predicted octanol–water partition coefficient (Wildman–Crippen LogP) is -1.14. The summed E-state index contributed by atoms with van der Waals surface area (Å²) in [5.41, 5.74) is -1.11. The average molecular weight is 449 g/mol. The molecular weight excluding hydrogens is 422 g/mol. The van der Waals surface area contributed by atoms with Crippen molar-refractivity contribution in [2.75, 3.05) is 26.4 Å². The molecule has 0 bridgehead atoms. The first-order chi connectivity index (χ1) is 14.3. The number of hydrogen-bond acceptors (Lipinski definition) is 9. The fourth-order valence-electron chi connectivity index (χ4n) is 0.409. The van der Waals surface area contributed by atoms with Crippen molar-refractivity contribution in [3.05, 3.63) is 50.1 Å². The summed E-state index contributed by atoms with van der Waals surface area (Å²) in [5, 5.41) is 72.3. The summed E-state index contributed by atoms with van der Waals surface area (Å²) in [5.74, 6) is -4.04. The summed E-state index contributed by atoms with van der Waals surface area (Å²) in [4.78, 5) is 37.3. The normalized spacial score (nSPS) is 8.48. The number of nitrogens with zero attached hydrogens (tertiary/aromatic N) is 1. The number of nitriles is 1. The Labute approximate surface area is 178 Å². The van der Waals surface area contributed by atoms with Gasteiger partial charge in [0.15, 0.2) is 0 Å². The molecule has 0 aliphatic carbocycles. The molecule has 8 N–H and O–H groups in total. The van der Waals surface area contributed by atoms with Gasteiger partial charge in [-0.05, 0) is 0 Å². The van der Waals surface area contributed by atoms with Crippen LogP contribution in [0.1, 0.15) is 0 Å². The number of carbonyl (C=O) groups is 4. The van der Waals surface area contributed by atoms with Gasteiger partial charge in [0, 0.05) is 30.4 Å². The van der Waals surface area contributed by atoms with Gasteiger partial charge in [0.25, 0.3) is 0 Å². The Bertz CT molecular complexity index is 555. The minimum Gasteiger partial charge on any atom is -0.478 e. The molecular formula is C18H27NO12. The Hall–Kier alpha value is -3.83. The Balaban J connectivity index is -0.0000000932. The topological polar surface area (TPSA) is 254 Å². The number of rotatable bonds is 8. The Morgan fingerprint density at radius 3 is 0.935 bits per heavy atom. The summed E-state index contributed by atoms with van der Waals surface area (Å²) < 4.78 is 0. The van der Waals surface area contributed by atoms with Crippen molar-refractivity contribution in [2.24, 2.45) is 5.41 Å². The van der Waals surface area contributed by atoms with Gasteiger partial charge in [-0.15, -0.1) is 0 Å².